The molecule has 2 aromatic heterocycles. The van der Waals surface area contributed by atoms with E-state index in [0.29, 0.717) is 10.6 Å². The van der Waals surface area contributed by atoms with Gasteiger partial charge in [-0.15, -0.1) is 0 Å². The van der Waals surface area contributed by atoms with Gasteiger partial charge < -0.3 is 9.52 Å². The minimum absolute atomic E-state index is 0.121. The predicted octanol–water partition coefficient (Wildman–Crippen LogP) is 2.85. The molecule has 0 atom stereocenters. The molecule has 0 fully saturated rings. The Morgan fingerprint density at radius 1 is 1.60 bits per heavy atom. The van der Waals surface area contributed by atoms with Gasteiger partial charge in [-0.2, -0.15) is 0 Å². The number of furan rings is 1. The van der Waals surface area contributed by atoms with E-state index in [0.717, 1.165) is 4.70 Å². The van der Waals surface area contributed by atoms with Crippen LogP contribution in [-0.2, 0) is 0 Å². The largest absolute Gasteiger partial charge is 0.498 e. The molecule has 0 bridgehead atoms. The lowest BCUT2D eigenvalue weighted by atomic mass is 10.5. The number of aromatic hydroxyl groups is 1. The van der Waals surface area contributed by atoms with Crippen molar-refractivity contribution in [2.45, 2.75) is 0 Å². The zero-order chi connectivity index (χ0) is 7.14. The number of halogens is 1. The summed E-state index contributed by atoms with van der Waals surface area (Å²) in [5.74, 6) is 0. The normalized spacial score (nSPS) is 10.9. The number of hydrogen-bond acceptors (Lipinski definition) is 3. The predicted molar refractivity (Wildman–Crippen MR) is 40.8 cm³/mol. The molecule has 2 nitrogen and oxygen atoms in total. The maximum absolute atomic E-state index is 9.06. The Morgan fingerprint density at radius 3 is 3.10 bits per heavy atom. The summed E-state index contributed by atoms with van der Waals surface area (Å²) in [6.07, 6.45) is 1.55. The van der Waals surface area contributed by atoms with Gasteiger partial charge in [0, 0.05) is 0 Å². The lowest BCUT2D eigenvalue weighted by Gasteiger charge is -1.80. The van der Waals surface area contributed by atoms with E-state index in [-0.39, 0.29) is 5.06 Å². The Morgan fingerprint density at radius 2 is 2.40 bits per heavy atom. The second kappa shape index (κ2) is 1.90. The topological polar surface area (TPSA) is 33.4 Å². The molecule has 0 radical (unpaired) electrons. The summed E-state index contributed by atoms with van der Waals surface area (Å²) in [7, 11) is 0. The van der Waals surface area contributed by atoms with Gasteiger partial charge in [-0.1, -0.05) is 22.9 Å². The van der Waals surface area contributed by atoms with Gasteiger partial charge in [0.05, 0.1) is 11.0 Å². The van der Waals surface area contributed by atoms with Crippen molar-refractivity contribution in [3.05, 3.63) is 17.4 Å². The van der Waals surface area contributed by atoms with Crippen LogP contribution in [-0.4, -0.2) is 5.11 Å². The molecule has 0 spiro atoms. The van der Waals surface area contributed by atoms with Crippen LogP contribution in [0.25, 0.3) is 10.3 Å². The van der Waals surface area contributed by atoms with Crippen molar-refractivity contribution in [3.63, 3.8) is 0 Å². The van der Waals surface area contributed by atoms with Crippen molar-refractivity contribution in [1.29, 1.82) is 0 Å². The fourth-order valence-corrected chi connectivity index (χ4v) is 1.86. The maximum Gasteiger partial charge on any atom is 0.194 e. The van der Waals surface area contributed by atoms with Crippen LogP contribution in [0.4, 0.5) is 0 Å². The van der Waals surface area contributed by atoms with Crippen LogP contribution in [0.5, 0.6) is 5.06 Å². The fourth-order valence-electron chi connectivity index (χ4n) is 0.784. The van der Waals surface area contributed by atoms with E-state index < -0.39 is 0 Å². The molecule has 10 heavy (non-hydrogen) atoms. The van der Waals surface area contributed by atoms with Crippen molar-refractivity contribution in [2.75, 3.05) is 0 Å². The van der Waals surface area contributed by atoms with Gasteiger partial charge in [-0.25, -0.2) is 0 Å². The summed E-state index contributed by atoms with van der Waals surface area (Å²) in [5, 5.41) is 9.49. The van der Waals surface area contributed by atoms with Crippen LogP contribution in [0.2, 0.25) is 5.02 Å². The first-order chi connectivity index (χ1) is 4.79. The Hall–Kier alpha value is -0.670. The molecule has 1 N–H and O–H groups in total. The van der Waals surface area contributed by atoms with Crippen LogP contribution in [0, 0.1) is 0 Å². The highest BCUT2D eigenvalue weighted by molar-refractivity contribution is 7.21. The average Bonchev–Trinajstić information content (AvgIpc) is 2.41. The van der Waals surface area contributed by atoms with Gasteiger partial charge in [0.2, 0.25) is 0 Å². The molecule has 0 unspecified atom stereocenters. The first-order valence-corrected chi connectivity index (χ1v) is 3.83. The van der Waals surface area contributed by atoms with E-state index in [1.54, 1.807) is 12.3 Å². The van der Waals surface area contributed by atoms with E-state index in [9.17, 15) is 0 Å². The highest BCUT2D eigenvalue weighted by atomic mass is 35.5. The lowest BCUT2D eigenvalue weighted by Crippen LogP contribution is -1.51. The van der Waals surface area contributed by atoms with Gasteiger partial charge >= 0.3 is 0 Å². The van der Waals surface area contributed by atoms with Crippen LogP contribution >= 0.6 is 22.9 Å². The molecule has 4 heteroatoms. The van der Waals surface area contributed by atoms with Crippen LogP contribution in [0.1, 0.15) is 0 Å². The molecular formula is C6H3ClO2S. The number of hydrogen-bond donors (Lipinski definition) is 1. The first kappa shape index (κ1) is 6.07. The summed E-state index contributed by atoms with van der Waals surface area (Å²) in [6, 6.07) is 1.77. The van der Waals surface area contributed by atoms with Crippen molar-refractivity contribution >= 4 is 33.2 Å². The average molecular weight is 175 g/mol. The van der Waals surface area contributed by atoms with Crippen molar-refractivity contribution in [1.82, 2.24) is 0 Å². The molecule has 0 aromatic carbocycles. The van der Waals surface area contributed by atoms with Crippen LogP contribution in [0.3, 0.4) is 0 Å². The maximum atomic E-state index is 9.06. The van der Waals surface area contributed by atoms with Gasteiger partial charge in [-0.05, 0) is 6.07 Å². The molecule has 52 valence electrons. The van der Waals surface area contributed by atoms with E-state index >= 15 is 0 Å². The van der Waals surface area contributed by atoms with Gasteiger partial charge in [0.25, 0.3) is 0 Å². The molecule has 2 rings (SSSR count). The third-order valence-corrected chi connectivity index (χ3v) is 2.62. The molecular weight excluding hydrogens is 172 g/mol. The van der Waals surface area contributed by atoms with Gasteiger partial charge in [0.15, 0.2) is 10.6 Å². The molecule has 0 aliphatic carbocycles. The van der Waals surface area contributed by atoms with Crippen LogP contribution < -0.4 is 0 Å². The third-order valence-electron chi connectivity index (χ3n) is 1.22. The number of thiophene rings is 1. The third kappa shape index (κ3) is 0.646. The minimum Gasteiger partial charge on any atom is -0.498 e. The Labute approximate surface area is 65.6 Å². The van der Waals surface area contributed by atoms with Gasteiger partial charge in [0.1, 0.15) is 5.02 Å². The SMILES string of the molecule is Oc1sc2ccoc2c1Cl. The second-order valence-corrected chi connectivity index (χ2v) is 3.24. The summed E-state index contributed by atoms with van der Waals surface area (Å²) in [4.78, 5) is 0. The Bertz CT molecular complexity index is 363. The summed E-state index contributed by atoms with van der Waals surface area (Å²) < 4.78 is 5.87. The van der Waals surface area contributed by atoms with E-state index in [1.807, 2.05) is 0 Å². The smallest absolute Gasteiger partial charge is 0.194 e. The molecule has 2 heterocycles. The minimum atomic E-state index is 0.121. The van der Waals surface area contributed by atoms with E-state index in [4.69, 9.17) is 21.1 Å². The summed E-state index contributed by atoms with van der Waals surface area (Å²) >= 11 is 6.86. The monoisotopic (exact) mass is 174 g/mol. The summed E-state index contributed by atoms with van der Waals surface area (Å²) in [6.45, 7) is 0. The fraction of sp³-hybridized carbons (Fsp3) is 0. The summed E-state index contributed by atoms with van der Waals surface area (Å²) in [5.41, 5.74) is 0.573. The molecule has 0 amide bonds. The molecule has 0 saturated heterocycles. The number of rotatable bonds is 0. The Kier molecular flexibility index (Phi) is 1.16. The quantitative estimate of drug-likeness (QED) is 0.666. The highest BCUT2D eigenvalue weighted by Crippen LogP contribution is 2.40. The van der Waals surface area contributed by atoms with Crippen molar-refractivity contribution in [3.8, 4) is 5.06 Å². The molecule has 0 aliphatic rings. The molecule has 0 aliphatic heterocycles. The second-order valence-electron chi connectivity index (χ2n) is 1.84. The zero-order valence-electron chi connectivity index (χ0n) is 4.80. The Balaban J connectivity index is 2.95. The molecule has 0 saturated carbocycles. The highest BCUT2D eigenvalue weighted by Gasteiger charge is 2.10. The first-order valence-electron chi connectivity index (χ1n) is 2.63. The standard InChI is InChI=1S/C6H3ClO2S/c7-4-5-3(1-2-9-5)10-6(4)8/h1-2,8H. The lowest BCUT2D eigenvalue weighted by molar-refractivity contribution is 0.490. The van der Waals surface area contributed by atoms with E-state index in [2.05, 4.69) is 0 Å². The van der Waals surface area contributed by atoms with E-state index in [1.165, 1.54) is 11.3 Å². The van der Waals surface area contributed by atoms with Gasteiger partial charge in [-0.3, -0.25) is 0 Å². The molecule has 2 aromatic rings. The zero-order valence-corrected chi connectivity index (χ0v) is 6.37. The number of fused-ring (bicyclic) bond motifs is 1. The van der Waals surface area contributed by atoms with Crippen molar-refractivity contribution in [2.24, 2.45) is 0 Å². The van der Waals surface area contributed by atoms with Crippen LogP contribution in [0.15, 0.2) is 16.7 Å². The van der Waals surface area contributed by atoms with Crippen molar-refractivity contribution < 1.29 is 9.52 Å².